The van der Waals surface area contributed by atoms with Crippen molar-refractivity contribution in [3.05, 3.63) is 22.4 Å². The highest BCUT2D eigenvalue weighted by molar-refractivity contribution is 5.96. The summed E-state index contributed by atoms with van der Waals surface area (Å²) < 4.78 is 26.2. The van der Waals surface area contributed by atoms with Crippen molar-refractivity contribution in [1.29, 1.82) is 0 Å². The molecule has 0 amide bonds. The van der Waals surface area contributed by atoms with Crippen LogP contribution in [0.3, 0.4) is 0 Å². The minimum absolute atomic E-state index is 0.0574. The number of rotatable bonds is 5. The van der Waals surface area contributed by atoms with Crippen LogP contribution in [-0.4, -0.2) is 48.9 Å². The smallest absolute Gasteiger partial charge is 0.239 e. The number of benzene rings is 2. The van der Waals surface area contributed by atoms with Gasteiger partial charge in [-0.05, 0) is 6.07 Å². The molecule has 2 aromatic carbocycles. The first kappa shape index (κ1) is 19.8. The van der Waals surface area contributed by atoms with E-state index in [-0.39, 0.29) is 45.3 Å². The Kier molecular flexibility index (Phi) is 4.93. The maximum atomic E-state index is 13.1. The maximum Gasteiger partial charge on any atom is 0.239 e. The average molecular weight is 406 g/mol. The van der Waals surface area contributed by atoms with Crippen molar-refractivity contribution in [2.45, 2.75) is 0 Å². The maximum absolute atomic E-state index is 13.1. The molecule has 0 aliphatic heterocycles. The van der Waals surface area contributed by atoms with Crippen molar-refractivity contribution < 1.29 is 43.8 Å². The molecule has 0 unspecified atom stereocenters. The molecular formula is C19H18O10. The van der Waals surface area contributed by atoms with E-state index in [4.69, 9.17) is 23.4 Å². The van der Waals surface area contributed by atoms with Crippen LogP contribution in [0, 0.1) is 0 Å². The Balaban J connectivity index is 2.55. The van der Waals surface area contributed by atoms with Gasteiger partial charge in [0.25, 0.3) is 0 Å². The van der Waals surface area contributed by atoms with Crippen LogP contribution in [0.15, 0.2) is 21.3 Å². The number of fused-ring (bicyclic) bond motifs is 1. The molecule has 0 atom stereocenters. The van der Waals surface area contributed by atoms with Crippen molar-refractivity contribution in [2.24, 2.45) is 0 Å². The lowest BCUT2D eigenvalue weighted by Gasteiger charge is -2.16. The Morgan fingerprint density at radius 3 is 1.90 bits per heavy atom. The number of hydrogen-bond donors (Lipinski definition) is 4. The van der Waals surface area contributed by atoms with Gasteiger partial charge >= 0.3 is 0 Å². The summed E-state index contributed by atoms with van der Waals surface area (Å²) in [5.74, 6) is -3.32. The Bertz CT molecular complexity index is 1160. The van der Waals surface area contributed by atoms with Crippen LogP contribution in [0.2, 0.25) is 0 Å². The molecule has 0 spiro atoms. The fourth-order valence-electron chi connectivity index (χ4n) is 2.98. The van der Waals surface area contributed by atoms with E-state index < -0.39 is 28.4 Å². The fourth-order valence-corrected chi connectivity index (χ4v) is 2.98. The molecule has 10 nitrogen and oxygen atoms in total. The number of methoxy groups -OCH3 is 4. The van der Waals surface area contributed by atoms with Gasteiger partial charge < -0.3 is 43.8 Å². The predicted molar refractivity (Wildman–Crippen MR) is 101 cm³/mol. The molecule has 3 rings (SSSR count). The van der Waals surface area contributed by atoms with E-state index in [2.05, 4.69) is 0 Å². The Morgan fingerprint density at radius 1 is 0.759 bits per heavy atom. The second-order valence-corrected chi connectivity index (χ2v) is 5.80. The van der Waals surface area contributed by atoms with Gasteiger partial charge in [0.1, 0.15) is 11.1 Å². The molecule has 0 aliphatic carbocycles. The quantitative estimate of drug-likeness (QED) is 0.465. The van der Waals surface area contributed by atoms with Crippen LogP contribution in [0.1, 0.15) is 0 Å². The van der Waals surface area contributed by atoms with Gasteiger partial charge in [-0.25, -0.2) is 0 Å². The summed E-state index contributed by atoms with van der Waals surface area (Å²) >= 11 is 0. The molecule has 0 saturated heterocycles. The van der Waals surface area contributed by atoms with Gasteiger partial charge in [-0.2, -0.15) is 0 Å². The van der Waals surface area contributed by atoms with Crippen molar-refractivity contribution in [3.63, 3.8) is 0 Å². The molecule has 4 N–H and O–H groups in total. The SMILES string of the molecule is COc1cc(O)c(O)cc1-c1oc2c(OC)c(O)c(OC)c(O)c2c(=O)c1OC. The van der Waals surface area contributed by atoms with Gasteiger partial charge in [-0.1, -0.05) is 0 Å². The van der Waals surface area contributed by atoms with Crippen LogP contribution in [0.5, 0.6) is 46.0 Å². The van der Waals surface area contributed by atoms with Gasteiger partial charge in [0.05, 0.1) is 34.0 Å². The number of phenols is 4. The average Bonchev–Trinajstić information content (AvgIpc) is 2.69. The highest BCUT2D eigenvalue weighted by atomic mass is 16.5. The van der Waals surface area contributed by atoms with Gasteiger partial charge in [0.2, 0.25) is 28.4 Å². The van der Waals surface area contributed by atoms with E-state index >= 15 is 0 Å². The Labute approximate surface area is 163 Å². The molecule has 29 heavy (non-hydrogen) atoms. The van der Waals surface area contributed by atoms with E-state index in [1.54, 1.807) is 0 Å². The lowest BCUT2D eigenvalue weighted by molar-refractivity contribution is 0.322. The van der Waals surface area contributed by atoms with Crippen LogP contribution in [0.4, 0.5) is 0 Å². The molecule has 10 heteroatoms. The lowest BCUT2D eigenvalue weighted by atomic mass is 10.1. The largest absolute Gasteiger partial charge is 0.504 e. The second-order valence-electron chi connectivity index (χ2n) is 5.80. The summed E-state index contributed by atoms with van der Waals surface area (Å²) in [5, 5.41) is 40.0. The van der Waals surface area contributed by atoms with E-state index in [0.717, 1.165) is 12.1 Å². The van der Waals surface area contributed by atoms with Gasteiger partial charge in [0.15, 0.2) is 28.6 Å². The van der Waals surface area contributed by atoms with E-state index in [1.165, 1.54) is 28.4 Å². The van der Waals surface area contributed by atoms with Crippen LogP contribution < -0.4 is 24.4 Å². The minimum Gasteiger partial charge on any atom is -0.504 e. The molecule has 0 aliphatic rings. The van der Waals surface area contributed by atoms with E-state index in [0.29, 0.717) is 0 Å². The van der Waals surface area contributed by atoms with Crippen LogP contribution >= 0.6 is 0 Å². The summed E-state index contributed by atoms with van der Waals surface area (Å²) in [5.41, 5.74) is -1.03. The zero-order valence-electron chi connectivity index (χ0n) is 15.9. The highest BCUT2D eigenvalue weighted by Crippen LogP contribution is 2.51. The molecule has 0 fully saturated rings. The summed E-state index contributed by atoms with van der Waals surface area (Å²) in [6.07, 6.45) is 0. The van der Waals surface area contributed by atoms with E-state index in [9.17, 15) is 25.2 Å². The summed E-state index contributed by atoms with van der Waals surface area (Å²) in [7, 11) is 4.93. The number of ether oxygens (including phenoxy) is 4. The zero-order valence-corrected chi connectivity index (χ0v) is 15.9. The molecular weight excluding hydrogens is 388 g/mol. The first-order valence-corrected chi connectivity index (χ1v) is 8.11. The number of phenolic OH excluding ortho intramolecular Hbond substituents is 4. The molecule has 1 aromatic heterocycles. The number of aromatic hydroxyl groups is 4. The number of hydrogen-bond acceptors (Lipinski definition) is 10. The normalized spacial score (nSPS) is 10.8. The third-order valence-corrected chi connectivity index (χ3v) is 4.31. The first-order chi connectivity index (χ1) is 13.8. The minimum atomic E-state index is -0.799. The van der Waals surface area contributed by atoms with Crippen LogP contribution in [0.25, 0.3) is 22.3 Å². The highest BCUT2D eigenvalue weighted by Gasteiger charge is 2.29. The zero-order chi connectivity index (χ0) is 21.5. The Hall–Kier alpha value is -3.95. The second kappa shape index (κ2) is 7.23. The van der Waals surface area contributed by atoms with Gasteiger partial charge in [0, 0.05) is 6.07 Å². The van der Waals surface area contributed by atoms with E-state index in [1.807, 2.05) is 0 Å². The molecule has 1 heterocycles. The van der Waals surface area contributed by atoms with Gasteiger partial charge in [-0.3, -0.25) is 4.79 Å². The summed E-state index contributed by atoms with van der Waals surface area (Å²) in [6.45, 7) is 0. The topological polar surface area (TPSA) is 148 Å². The van der Waals surface area contributed by atoms with Gasteiger partial charge in [-0.15, -0.1) is 0 Å². The summed E-state index contributed by atoms with van der Waals surface area (Å²) in [6, 6.07) is 2.23. The molecule has 0 bridgehead atoms. The standard InChI is InChI=1S/C19H18O10/c1-25-10-6-9(21)8(20)5-7(10)15-18(27-3)13(23)11-12(22)17(26-2)14(24)19(28-4)16(11)29-15/h5-6,20-22,24H,1-4H3. The first-order valence-electron chi connectivity index (χ1n) is 8.11. The molecule has 0 radical (unpaired) electrons. The monoisotopic (exact) mass is 406 g/mol. The van der Waals surface area contributed by atoms with Crippen LogP contribution in [-0.2, 0) is 0 Å². The molecule has 0 saturated carbocycles. The Morgan fingerprint density at radius 2 is 1.34 bits per heavy atom. The molecule has 154 valence electrons. The molecule has 3 aromatic rings. The third-order valence-electron chi connectivity index (χ3n) is 4.31. The third kappa shape index (κ3) is 2.85. The predicted octanol–water partition coefficient (Wildman–Crippen LogP) is 2.32. The van der Waals surface area contributed by atoms with Crippen molar-refractivity contribution in [1.82, 2.24) is 0 Å². The lowest BCUT2D eigenvalue weighted by Crippen LogP contribution is -2.09. The van der Waals surface area contributed by atoms with Crippen molar-refractivity contribution >= 4 is 11.0 Å². The fraction of sp³-hybridized carbons (Fsp3) is 0.211. The van der Waals surface area contributed by atoms with Crippen molar-refractivity contribution in [2.75, 3.05) is 28.4 Å². The summed E-state index contributed by atoms with van der Waals surface area (Å²) in [4.78, 5) is 13.1. The van der Waals surface area contributed by atoms with Crippen molar-refractivity contribution in [3.8, 4) is 57.3 Å².